The standard InChI is InChI=1S/C12H13NO4/c1-2-13-6-7(12(16)17)11(15)10-8(13)4-3-5-9(10)14/h6H,2-5H2,1H3,(H,16,17). The molecule has 1 N–H and O–H groups in total. The van der Waals surface area contributed by atoms with Gasteiger partial charge < -0.3 is 9.67 Å². The first-order chi connectivity index (χ1) is 8.06. The fourth-order valence-corrected chi connectivity index (χ4v) is 2.23. The van der Waals surface area contributed by atoms with Gasteiger partial charge >= 0.3 is 5.97 Å². The lowest BCUT2D eigenvalue weighted by Crippen LogP contribution is -2.30. The summed E-state index contributed by atoms with van der Waals surface area (Å²) in [4.78, 5) is 34.6. The van der Waals surface area contributed by atoms with Crippen LogP contribution in [0.1, 0.15) is 46.2 Å². The summed E-state index contributed by atoms with van der Waals surface area (Å²) in [5, 5.41) is 8.95. The molecule has 0 unspecified atom stereocenters. The fraction of sp³-hybridized carbons (Fsp3) is 0.417. The topological polar surface area (TPSA) is 76.4 Å². The normalized spacial score (nSPS) is 14.5. The number of hydrogen-bond acceptors (Lipinski definition) is 3. The SMILES string of the molecule is CCn1cc(C(=O)O)c(=O)c2c1CCCC2=O. The summed E-state index contributed by atoms with van der Waals surface area (Å²) in [6.07, 6.45) is 3.04. The van der Waals surface area contributed by atoms with E-state index < -0.39 is 11.4 Å². The van der Waals surface area contributed by atoms with Gasteiger partial charge in [0.05, 0.1) is 5.56 Å². The lowest BCUT2D eigenvalue weighted by atomic mass is 9.92. The van der Waals surface area contributed by atoms with E-state index in [-0.39, 0.29) is 16.9 Å². The molecular weight excluding hydrogens is 222 g/mol. The Balaban J connectivity index is 2.80. The van der Waals surface area contributed by atoms with Crippen molar-refractivity contribution in [3.05, 3.63) is 33.2 Å². The summed E-state index contributed by atoms with van der Waals surface area (Å²) in [6.45, 7) is 2.41. The van der Waals surface area contributed by atoms with Gasteiger partial charge in [-0.05, 0) is 19.8 Å². The maximum absolute atomic E-state index is 11.9. The number of nitrogens with zero attached hydrogens (tertiary/aromatic N) is 1. The molecule has 0 bridgehead atoms. The lowest BCUT2D eigenvalue weighted by Gasteiger charge is -2.20. The van der Waals surface area contributed by atoms with Crippen LogP contribution in [-0.4, -0.2) is 21.4 Å². The number of rotatable bonds is 2. The number of carbonyl (C=O) groups excluding carboxylic acids is 1. The predicted molar refractivity (Wildman–Crippen MR) is 60.6 cm³/mol. The summed E-state index contributed by atoms with van der Waals surface area (Å²) in [5.41, 5.74) is -0.195. The number of carbonyl (C=O) groups is 2. The quantitative estimate of drug-likeness (QED) is 0.832. The van der Waals surface area contributed by atoms with Crippen molar-refractivity contribution in [2.45, 2.75) is 32.7 Å². The van der Waals surface area contributed by atoms with Gasteiger partial charge in [-0.2, -0.15) is 0 Å². The minimum Gasteiger partial charge on any atom is -0.477 e. The van der Waals surface area contributed by atoms with E-state index in [9.17, 15) is 14.4 Å². The molecule has 0 aromatic carbocycles. The minimum absolute atomic E-state index is 0.0815. The van der Waals surface area contributed by atoms with Crippen molar-refractivity contribution >= 4 is 11.8 Å². The van der Waals surface area contributed by atoms with E-state index in [1.807, 2.05) is 6.92 Å². The third-order valence-electron chi connectivity index (χ3n) is 3.06. The van der Waals surface area contributed by atoms with E-state index in [1.54, 1.807) is 4.57 Å². The largest absolute Gasteiger partial charge is 0.477 e. The van der Waals surface area contributed by atoms with Crippen molar-refractivity contribution in [3.8, 4) is 0 Å². The van der Waals surface area contributed by atoms with Gasteiger partial charge in [-0.25, -0.2) is 4.79 Å². The predicted octanol–water partition coefficient (Wildman–Crippen LogP) is 1.09. The van der Waals surface area contributed by atoms with Crippen molar-refractivity contribution < 1.29 is 14.7 Å². The second-order valence-electron chi connectivity index (χ2n) is 4.06. The number of ketones is 1. The van der Waals surface area contributed by atoms with E-state index in [0.717, 1.165) is 6.42 Å². The number of fused-ring (bicyclic) bond motifs is 1. The molecule has 0 aliphatic heterocycles. The van der Waals surface area contributed by atoms with Crippen molar-refractivity contribution in [1.82, 2.24) is 4.57 Å². The smallest absolute Gasteiger partial charge is 0.341 e. The van der Waals surface area contributed by atoms with Crippen LogP contribution in [0.5, 0.6) is 0 Å². The van der Waals surface area contributed by atoms with E-state index in [0.29, 0.717) is 25.1 Å². The Labute approximate surface area is 97.7 Å². The van der Waals surface area contributed by atoms with Crippen LogP contribution in [0.3, 0.4) is 0 Å². The fourth-order valence-electron chi connectivity index (χ4n) is 2.23. The average Bonchev–Trinajstić information content (AvgIpc) is 2.29. The second-order valence-corrected chi connectivity index (χ2v) is 4.06. The average molecular weight is 235 g/mol. The lowest BCUT2D eigenvalue weighted by molar-refractivity contribution is 0.0694. The summed E-state index contributed by atoms with van der Waals surface area (Å²) in [6, 6.07) is 0. The van der Waals surface area contributed by atoms with Crippen LogP contribution < -0.4 is 5.43 Å². The van der Waals surface area contributed by atoms with Crippen LogP contribution in [-0.2, 0) is 13.0 Å². The number of pyridine rings is 1. The Morgan fingerprint density at radius 2 is 2.12 bits per heavy atom. The number of hydrogen-bond donors (Lipinski definition) is 1. The maximum Gasteiger partial charge on any atom is 0.341 e. The summed E-state index contributed by atoms with van der Waals surface area (Å²) < 4.78 is 1.69. The van der Waals surface area contributed by atoms with Crippen LogP contribution in [0.15, 0.2) is 11.0 Å². The number of carboxylic acids is 1. The molecule has 5 heteroatoms. The molecule has 1 heterocycles. The van der Waals surface area contributed by atoms with Crippen molar-refractivity contribution in [2.75, 3.05) is 0 Å². The number of carboxylic acid groups (broad SMARTS) is 1. The van der Waals surface area contributed by atoms with E-state index >= 15 is 0 Å². The highest BCUT2D eigenvalue weighted by molar-refractivity contribution is 6.00. The van der Waals surface area contributed by atoms with Gasteiger partial charge in [0.25, 0.3) is 0 Å². The van der Waals surface area contributed by atoms with Crippen molar-refractivity contribution in [1.29, 1.82) is 0 Å². The van der Waals surface area contributed by atoms with Crippen LogP contribution in [0.2, 0.25) is 0 Å². The third-order valence-corrected chi connectivity index (χ3v) is 3.06. The Morgan fingerprint density at radius 1 is 1.41 bits per heavy atom. The van der Waals surface area contributed by atoms with Gasteiger partial charge in [0.15, 0.2) is 5.78 Å². The molecule has 0 saturated carbocycles. The van der Waals surface area contributed by atoms with Crippen LogP contribution in [0.4, 0.5) is 0 Å². The van der Waals surface area contributed by atoms with Gasteiger partial charge in [-0.1, -0.05) is 0 Å². The number of aromatic carboxylic acids is 1. The highest BCUT2D eigenvalue weighted by Gasteiger charge is 2.26. The monoisotopic (exact) mass is 235 g/mol. The first kappa shape index (κ1) is 11.6. The molecule has 17 heavy (non-hydrogen) atoms. The Morgan fingerprint density at radius 3 is 2.71 bits per heavy atom. The Hall–Kier alpha value is -1.91. The summed E-state index contributed by atoms with van der Waals surface area (Å²) in [7, 11) is 0. The van der Waals surface area contributed by atoms with Crippen LogP contribution >= 0.6 is 0 Å². The van der Waals surface area contributed by atoms with Crippen LogP contribution in [0.25, 0.3) is 0 Å². The van der Waals surface area contributed by atoms with E-state index in [1.165, 1.54) is 6.20 Å². The van der Waals surface area contributed by atoms with Crippen LogP contribution in [0, 0.1) is 0 Å². The highest BCUT2D eigenvalue weighted by Crippen LogP contribution is 2.19. The zero-order valence-corrected chi connectivity index (χ0v) is 9.52. The first-order valence-electron chi connectivity index (χ1n) is 5.59. The number of aromatic nitrogens is 1. The third kappa shape index (κ3) is 1.77. The van der Waals surface area contributed by atoms with Crippen molar-refractivity contribution in [2.24, 2.45) is 0 Å². The maximum atomic E-state index is 11.9. The Kier molecular flexibility index (Phi) is 2.83. The van der Waals surface area contributed by atoms with Gasteiger partial charge in [-0.3, -0.25) is 9.59 Å². The minimum atomic E-state index is -1.28. The molecule has 0 saturated heterocycles. The van der Waals surface area contributed by atoms with Gasteiger partial charge in [0.1, 0.15) is 5.56 Å². The van der Waals surface area contributed by atoms with E-state index in [2.05, 4.69) is 0 Å². The summed E-state index contributed by atoms with van der Waals surface area (Å²) >= 11 is 0. The molecule has 1 aromatic heterocycles. The molecule has 5 nitrogen and oxygen atoms in total. The van der Waals surface area contributed by atoms with Crippen molar-refractivity contribution in [3.63, 3.8) is 0 Å². The number of aryl methyl sites for hydroxylation is 1. The molecular formula is C12H13NO4. The zero-order valence-electron chi connectivity index (χ0n) is 9.52. The molecule has 1 aliphatic carbocycles. The molecule has 1 aromatic rings. The van der Waals surface area contributed by atoms with Gasteiger partial charge in [-0.15, -0.1) is 0 Å². The number of Topliss-reactive ketones (excluding diaryl/α,β-unsaturated/α-hetero) is 1. The second kappa shape index (κ2) is 4.16. The molecule has 0 amide bonds. The molecule has 0 radical (unpaired) electrons. The molecule has 1 aliphatic rings. The molecule has 2 rings (SSSR count). The highest BCUT2D eigenvalue weighted by atomic mass is 16.4. The Bertz CT molecular complexity index is 556. The molecule has 0 fully saturated rings. The molecule has 0 atom stereocenters. The zero-order chi connectivity index (χ0) is 12.6. The van der Waals surface area contributed by atoms with E-state index in [4.69, 9.17) is 5.11 Å². The molecule has 90 valence electrons. The first-order valence-corrected chi connectivity index (χ1v) is 5.59. The van der Waals surface area contributed by atoms with Gasteiger partial charge in [0.2, 0.25) is 5.43 Å². The summed E-state index contributed by atoms with van der Waals surface area (Å²) in [5.74, 6) is -1.51. The van der Waals surface area contributed by atoms with Gasteiger partial charge in [0, 0.05) is 24.9 Å². The molecule has 0 spiro atoms.